The van der Waals surface area contributed by atoms with E-state index in [-0.39, 0.29) is 5.97 Å². The number of aryl methyl sites for hydroxylation is 2. The van der Waals surface area contributed by atoms with E-state index in [9.17, 15) is 4.79 Å². The Morgan fingerprint density at radius 2 is 1.83 bits per heavy atom. The summed E-state index contributed by atoms with van der Waals surface area (Å²) in [6.07, 6.45) is 11.4. The van der Waals surface area contributed by atoms with Crippen LogP contribution in [0.25, 0.3) is 0 Å². The topological polar surface area (TPSA) is 45.7 Å². The van der Waals surface area contributed by atoms with Gasteiger partial charge in [-0.1, -0.05) is 6.07 Å². The van der Waals surface area contributed by atoms with E-state index in [0.717, 1.165) is 24.8 Å². The van der Waals surface area contributed by atoms with Crippen LogP contribution in [0.5, 0.6) is 0 Å². The first-order valence-electron chi connectivity index (χ1n) is 12.9. The molecule has 1 atom stereocenters. The van der Waals surface area contributed by atoms with E-state index in [1.54, 1.807) is 12.3 Å². The van der Waals surface area contributed by atoms with Crippen molar-refractivity contribution in [1.82, 2.24) is 4.98 Å². The van der Waals surface area contributed by atoms with Gasteiger partial charge in [0.1, 0.15) is 0 Å². The third kappa shape index (κ3) is 5.04. The van der Waals surface area contributed by atoms with Gasteiger partial charge in [0.15, 0.2) is 0 Å². The summed E-state index contributed by atoms with van der Waals surface area (Å²) in [6, 6.07) is 17.7. The normalized spacial score (nSPS) is 17.2. The molecule has 2 aromatic carbocycles. The van der Waals surface area contributed by atoms with E-state index >= 15 is 0 Å². The molecule has 1 aliphatic carbocycles. The van der Waals surface area contributed by atoms with Crippen molar-refractivity contribution < 1.29 is 9.53 Å². The first-order chi connectivity index (χ1) is 17.1. The average Bonchev–Trinajstić information content (AvgIpc) is 3.46. The number of rotatable bonds is 7. The molecule has 1 saturated heterocycles. The first kappa shape index (κ1) is 23.4. The van der Waals surface area contributed by atoms with Crippen LogP contribution in [0.3, 0.4) is 0 Å². The summed E-state index contributed by atoms with van der Waals surface area (Å²) in [5.74, 6) is 0.219. The molecule has 2 heterocycles. The van der Waals surface area contributed by atoms with Crippen molar-refractivity contribution in [1.29, 1.82) is 0 Å². The van der Waals surface area contributed by atoms with Gasteiger partial charge in [-0.25, -0.2) is 4.79 Å². The smallest absolute Gasteiger partial charge is 0.338 e. The van der Waals surface area contributed by atoms with Crippen LogP contribution in [0, 0.1) is 0 Å². The van der Waals surface area contributed by atoms with Crippen LogP contribution in [-0.4, -0.2) is 38.2 Å². The summed E-state index contributed by atoms with van der Waals surface area (Å²) in [4.78, 5) is 21.1. The zero-order chi connectivity index (χ0) is 24.2. The van der Waals surface area contributed by atoms with Gasteiger partial charge in [0.05, 0.1) is 12.7 Å². The van der Waals surface area contributed by atoms with Gasteiger partial charge >= 0.3 is 5.97 Å². The van der Waals surface area contributed by atoms with Crippen LogP contribution in [0.15, 0.2) is 60.9 Å². The third-order valence-electron chi connectivity index (χ3n) is 7.73. The standard InChI is InChI=1S/C30H35N3O2/c1-32(25-10-12-26(13-11-25)33-18-3-4-19-33)27-14-15-28-22(6-5-7-23(28)20-27)8-9-24-21-31-17-16-29(24)30(34)35-2/h10-17,20-22H,3-9,18-19H2,1-2H3/t22-/m0/s1. The molecule has 5 heteroatoms. The molecule has 182 valence electrons. The van der Waals surface area contributed by atoms with Crippen LogP contribution in [-0.2, 0) is 17.6 Å². The Morgan fingerprint density at radius 3 is 2.60 bits per heavy atom. The minimum Gasteiger partial charge on any atom is -0.465 e. The van der Waals surface area contributed by atoms with Gasteiger partial charge in [0, 0.05) is 49.6 Å². The lowest BCUT2D eigenvalue weighted by Crippen LogP contribution is -2.18. The van der Waals surface area contributed by atoms with Gasteiger partial charge in [0.2, 0.25) is 0 Å². The predicted octanol–water partition coefficient (Wildman–Crippen LogP) is 6.29. The van der Waals surface area contributed by atoms with Crippen molar-refractivity contribution in [3.8, 4) is 0 Å². The molecule has 0 radical (unpaired) electrons. The fourth-order valence-corrected chi connectivity index (χ4v) is 5.69. The zero-order valence-corrected chi connectivity index (χ0v) is 20.9. The number of fused-ring (bicyclic) bond motifs is 1. The molecule has 0 amide bonds. The van der Waals surface area contributed by atoms with Crippen molar-refractivity contribution in [2.45, 2.75) is 50.9 Å². The zero-order valence-electron chi connectivity index (χ0n) is 20.9. The molecule has 0 unspecified atom stereocenters. The molecule has 0 spiro atoms. The number of pyridine rings is 1. The molecule has 5 nitrogen and oxygen atoms in total. The summed E-state index contributed by atoms with van der Waals surface area (Å²) in [5, 5.41) is 0. The summed E-state index contributed by atoms with van der Waals surface area (Å²) in [6.45, 7) is 2.35. The van der Waals surface area contributed by atoms with E-state index < -0.39 is 0 Å². The maximum absolute atomic E-state index is 12.1. The van der Waals surface area contributed by atoms with Crippen molar-refractivity contribution in [2.24, 2.45) is 0 Å². The number of hydrogen-bond donors (Lipinski definition) is 0. The number of ether oxygens (including phenoxy) is 1. The number of aromatic nitrogens is 1. The molecule has 5 rings (SSSR count). The lowest BCUT2D eigenvalue weighted by molar-refractivity contribution is 0.0599. The van der Waals surface area contributed by atoms with Crippen molar-refractivity contribution in [3.05, 3.63) is 83.2 Å². The molecule has 0 bridgehead atoms. The lowest BCUT2D eigenvalue weighted by atomic mass is 9.79. The molecule has 1 aromatic heterocycles. The highest BCUT2D eigenvalue weighted by molar-refractivity contribution is 5.90. The third-order valence-corrected chi connectivity index (χ3v) is 7.73. The Bertz CT molecular complexity index is 1170. The largest absolute Gasteiger partial charge is 0.465 e. The van der Waals surface area contributed by atoms with Crippen molar-refractivity contribution in [3.63, 3.8) is 0 Å². The fraction of sp³-hybridized carbons (Fsp3) is 0.400. The molecule has 0 N–H and O–H groups in total. The number of methoxy groups -OCH3 is 1. The van der Waals surface area contributed by atoms with E-state index in [0.29, 0.717) is 11.5 Å². The number of benzene rings is 2. The molecule has 1 aliphatic heterocycles. The highest BCUT2D eigenvalue weighted by Crippen LogP contribution is 2.38. The van der Waals surface area contributed by atoms with Gasteiger partial charge < -0.3 is 14.5 Å². The van der Waals surface area contributed by atoms with Crippen LogP contribution in [0.1, 0.15) is 65.1 Å². The average molecular weight is 470 g/mol. The Balaban J connectivity index is 1.29. The fourth-order valence-electron chi connectivity index (χ4n) is 5.69. The Morgan fingerprint density at radius 1 is 1.06 bits per heavy atom. The van der Waals surface area contributed by atoms with Gasteiger partial charge in [0.25, 0.3) is 0 Å². The minimum atomic E-state index is -0.285. The number of anilines is 3. The summed E-state index contributed by atoms with van der Waals surface area (Å²) in [7, 11) is 3.59. The van der Waals surface area contributed by atoms with Crippen LogP contribution in [0.4, 0.5) is 17.1 Å². The predicted molar refractivity (Wildman–Crippen MR) is 142 cm³/mol. The van der Waals surface area contributed by atoms with E-state index in [2.05, 4.69) is 64.3 Å². The molecule has 3 aromatic rings. The SMILES string of the molecule is COC(=O)c1ccncc1CC[C@@H]1CCCc2cc(N(C)c3ccc(N4CCCC4)cc3)ccc21. The van der Waals surface area contributed by atoms with Crippen LogP contribution < -0.4 is 9.80 Å². The molecule has 35 heavy (non-hydrogen) atoms. The second kappa shape index (κ2) is 10.5. The van der Waals surface area contributed by atoms with Crippen LogP contribution >= 0.6 is 0 Å². The van der Waals surface area contributed by atoms with Gasteiger partial charge in [-0.2, -0.15) is 0 Å². The van der Waals surface area contributed by atoms with E-state index in [4.69, 9.17) is 4.74 Å². The number of carbonyl (C=O) groups is 1. The molecule has 1 fully saturated rings. The summed E-state index contributed by atoms with van der Waals surface area (Å²) >= 11 is 0. The number of nitrogens with zero attached hydrogens (tertiary/aromatic N) is 3. The van der Waals surface area contributed by atoms with Crippen LogP contribution in [0.2, 0.25) is 0 Å². The number of hydrogen-bond acceptors (Lipinski definition) is 5. The van der Waals surface area contributed by atoms with Gasteiger partial charge in [-0.05, 0) is 110 Å². The highest BCUT2D eigenvalue weighted by Gasteiger charge is 2.22. The Kier molecular flexibility index (Phi) is 7.03. The Labute approximate surface area is 208 Å². The minimum absolute atomic E-state index is 0.285. The molecule has 2 aliphatic rings. The second-order valence-corrected chi connectivity index (χ2v) is 9.80. The molecular formula is C30H35N3O2. The highest BCUT2D eigenvalue weighted by atomic mass is 16.5. The number of esters is 1. The summed E-state index contributed by atoms with van der Waals surface area (Å²) in [5.41, 5.74) is 8.30. The molecular weight excluding hydrogens is 434 g/mol. The first-order valence-corrected chi connectivity index (χ1v) is 12.9. The maximum Gasteiger partial charge on any atom is 0.338 e. The van der Waals surface area contributed by atoms with Crippen molar-refractivity contribution >= 4 is 23.0 Å². The van der Waals surface area contributed by atoms with Crippen molar-refractivity contribution in [2.75, 3.05) is 37.0 Å². The lowest BCUT2D eigenvalue weighted by Gasteiger charge is -2.28. The maximum atomic E-state index is 12.1. The van der Waals surface area contributed by atoms with E-state index in [1.807, 2.05) is 6.20 Å². The number of carbonyl (C=O) groups excluding carboxylic acids is 1. The second-order valence-electron chi connectivity index (χ2n) is 9.80. The monoisotopic (exact) mass is 469 g/mol. The molecule has 0 saturated carbocycles. The van der Waals surface area contributed by atoms with Gasteiger partial charge in [-0.3, -0.25) is 4.98 Å². The quantitative estimate of drug-likeness (QED) is 0.381. The van der Waals surface area contributed by atoms with E-state index in [1.165, 1.54) is 74.1 Å². The Hall–Kier alpha value is -3.34. The van der Waals surface area contributed by atoms with Gasteiger partial charge in [-0.15, -0.1) is 0 Å². The summed E-state index contributed by atoms with van der Waals surface area (Å²) < 4.78 is 4.96.